The second kappa shape index (κ2) is 5.21. The molecule has 0 radical (unpaired) electrons. The number of rotatable bonds is 5. The molecule has 17 heavy (non-hydrogen) atoms. The van der Waals surface area contributed by atoms with Crippen LogP contribution in [-0.4, -0.2) is 16.1 Å². The van der Waals surface area contributed by atoms with Gasteiger partial charge in [0.15, 0.2) is 0 Å². The van der Waals surface area contributed by atoms with Crippen molar-refractivity contribution in [3.05, 3.63) is 29.8 Å². The van der Waals surface area contributed by atoms with Gasteiger partial charge < -0.3 is 14.5 Å². The number of aromatic hydroxyl groups is 1. The van der Waals surface area contributed by atoms with Crippen LogP contribution in [0.5, 0.6) is 5.75 Å². The highest BCUT2D eigenvalue weighted by Gasteiger charge is 2.37. The third-order valence-corrected chi connectivity index (χ3v) is 3.75. The third kappa shape index (κ3) is 3.32. The Labute approximate surface area is 101 Å². The van der Waals surface area contributed by atoms with Gasteiger partial charge in [-0.25, -0.2) is 0 Å². The quantitative estimate of drug-likeness (QED) is 0.795. The lowest BCUT2D eigenvalue weighted by Crippen LogP contribution is -2.18. The zero-order chi connectivity index (χ0) is 12.4. The summed E-state index contributed by atoms with van der Waals surface area (Å²) in [6.45, 7) is 1.81. The maximum atomic E-state index is 10.8. The van der Waals surface area contributed by atoms with Crippen LogP contribution < -0.4 is 0 Å². The van der Waals surface area contributed by atoms with Crippen molar-refractivity contribution in [3.8, 4) is 5.75 Å². The number of hydrogen-bond donors (Lipinski definition) is 2. The molecule has 0 amide bonds. The van der Waals surface area contributed by atoms with Crippen LogP contribution in [0.1, 0.15) is 31.2 Å². The van der Waals surface area contributed by atoms with Crippen LogP contribution in [-0.2, 0) is 9.09 Å². The van der Waals surface area contributed by atoms with E-state index in [4.69, 9.17) is 9.42 Å². The predicted molar refractivity (Wildman–Crippen MR) is 65.3 cm³/mol. The number of phenols is 1. The normalized spacial score (nSPS) is 20.8. The van der Waals surface area contributed by atoms with Crippen LogP contribution in [0.3, 0.4) is 0 Å². The van der Waals surface area contributed by atoms with Crippen LogP contribution in [0.15, 0.2) is 24.3 Å². The molecular weight excluding hydrogens is 239 g/mol. The molecule has 5 heteroatoms. The SMILES string of the molecule is CC(O[PH](=O)O)C(c1cccc(O)c1)C1CC1. The van der Waals surface area contributed by atoms with Crippen molar-refractivity contribution in [2.75, 3.05) is 0 Å². The summed E-state index contributed by atoms with van der Waals surface area (Å²) in [5, 5.41) is 9.48. The molecule has 0 spiro atoms. The first-order chi connectivity index (χ1) is 8.08. The summed E-state index contributed by atoms with van der Waals surface area (Å²) in [4.78, 5) is 8.85. The fourth-order valence-electron chi connectivity index (χ4n) is 2.35. The average Bonchev–Trinajstić information content (AvgIpc) is 3.01. The number of phenolic OH excluding ortho intramolecular Hbond substituents is 1. The molecule has 3 unspecified atom stereocenters. The molecule has 0 heterocycles. The highest BCUT2D eigenvalue weighted by Crippen LogP contribution is 2.47. The van der Waals surface area contributed by atoms with Crippen molar-refractivity contribution in [3.63, 3.8) is 0 Å². The van der Waals surface area contributed by atoms with E-state index in [0.29, 0.717) is 5.92 Å². The Morgan fingerprint density at radius 2 is 2.18 bits per heavy atom. The van der Waals surface area contributed by atoms with Crippen molar-refractivity contribution < 1.29 is 19.1 Å². The largest absolute Gasteiger partial charge is 0.508 e. The molecule has 4 nitrogen and oxygen atoms in total. The molecule has 0 bridgehead atoms. The second-order valence-electron chi connectivity index (χ2n) is 4.55. The van der Waals surface area contributed by atoms with Crippen molar-refractivity contribution in [1.82, 2.24) is 0 Å². The van der Waals surface area contributed by atoms with Crippen molar-refractivity contribution in [2.24, 2.45) is 5.92 Å². The summed E-state index contributed by atoms with van der Waals surface area (Å²) in [5.74, 6) is 0.799. The Hall–Kier alpha value is -0.830. The average molecular weight is 256 g/mol. The maximum Gasteiger partial charge on any atom is 0.316 e. The van der Waals surface area contributed by atoms with E-state index in [9.17, 15) is 9.67 Å². The molecule has 1 fully saturated rings. The van der Waals surface area contributed by atoms with Gasteiger partial charge in [0.05, 0.1) is 6.10 Å². The second-order valence-corrected chi connectivity index (χ2v) is 5.31. The molecule has 0 aliphatic heterocycles. The van der Waals surface area contributed by atoms with Gasteiger partial charge in [-0.2, -0.15) is 0 Å². The van der Waals surface area contributed by atoms with Gasteiger partial charge in [0.25, 0.3) is 0 Å². The fraction of sp³-hybridized carbons (Fsp3) is 0.500. The van der Waals surface area contributed by atoms with E-state index in [2.05, 4.69) is 0 Å². The predicted octanol–water partition coefficient (Wildman–Crippen LogP) is 2.67. The molecule has 2 rings (SSSR count). The van der Waals surface area contributed by atoms with E-state index < -0.39 is 8.25 Å². The summed E-state index contributed by atoms with van der Waals surface area (Å²) >= 11 is 0. The lowest BCUT2D eigenvalue weighted by atomic mass is 9.89. The summed E-state index contributed by atoms with van der Waals surface area (Å²) in [6.07, 6.45) is 1.92. The van der Waals surface area contributed by atoms with Gasteiger partial charge in [-0.05, 0) is 43.4 Å². The molecule has 0 saturated heterocycles. The van der Waals surface area contributed by atoms with Gasteiger partial charge in [-0.3, -0.25) is 4.57 Å². The monoisotopic (exact) mass is 256 g/mol. The van der Waals surface area contributed by atoms with Gasteiger partial charge in [-0.15, -0.1) is 0 Å². The summed E-state index contributed by atoms with van der Waals surface area (Å²) in [7, 11) is -2.91. The van der Waals surface area contributed by atoms with E-state index in [-0.39, 0.29) is 17.8 Å². The Bertz CT molecular complexity index is 417. The molecule has 2 N–H and O–H groups in total. The lowest BCUT2D eigenvalue weighted by molar-refractivity contribution is 0.167. The molecule has 1 saturated carbocycles. The minimum atomic E-state index is -2.91. The molecule has 0 aromatic heterocycles. The van der Waals surface area contributed by atoms with E-state index >= 15 is 0 Å². The topological polar surface area (TPSA) is 66.8 Å². The Morgan fingerprint density at radius 3 is 2.71 bits per heavy atom. The third-order valence-electron chi connectivity index (χ3n) is 3.18. The van der Waals surface area contributed by atoms with Gasteiger partial charge in [0.2, 0.25) is 0 Å². The van der Waals surface area contributed by atoms with Crippen molar-refractivity contribution >= 4 is 8.25 Å². The highest BCUT2D eigenvalue weighted by atomic mass is 31.1. The Balaban J connectivity index is 2.19. The van der Waals surface area contributed by atoms with Crippen molar-refractivity contribution in [2.45, 2.75) is 31.8 Å². The first-order valence-corrected chi connectivity index (χ1v) is 7.03. The van der Waals surface area contributed by atoms with Gasteiger partial charge in [0.1, 0.15) is 5.75 Å². The summed E-state index contributed by atoms with van der Waals surface area (Å²) in [6, 6.07) is 7.04. The molecule has 1 aromatic rings. The van der Waals surface area contributed by atoms with Crippen molar-refractivity contribution in [1.29, 1.82) is 0 Å². The first-order valence-electron chi connectivity index (χ1n) is 5.76. The number of benzene rings is 1. The van der Waals surface area contributed by atoms with E-state index in [0.717, 1.165) is 18.4 Å². The maximum absolute atomic E-state index is 10.8. The first kappa shape index (κ1) is 12.6. The van der Waals surface area contributed by atoms with Crippen LogP contribution >= 0.6 is 8.25 Å². The van der Waals surface area contributed by atoms with E-state index in [1.165, 1.54) is 0 Å². The minimum Gasteiger partial charge on any atom is -0.508 e. The molecule has 1 aliphatic rings. The Kier molecular flexibility index (Phi) is 3.87. The minimum absolute atomic E-state index is 0.0863. The van der Waals surface area contributed by atoms with Crippen LogP contribution in [0.25, 0.3) is 0 Å². The van der Waals surface area contributed by atoms with Gasteiger partial charge in [-0.1, -0.05) is 12.1 Å². The zero-order valence-corrected chi connectivity index (χ0v) is 10.7. The zero-order valence-electron chi connectivity index (χ0n) is 9.67. The molecule has 3 atom stereocenters. The highest BCUT2D eigenvalue weighted by molar-refractivity contribution is 7.32. The van der Waals surface area contributed by atoms with E-state index in [1.54, 1.807) is 18.2 Å². The van der Waals surface area contributed by atoms with Crippen LogP contribution in [0.2, 0.25) is 0 Å². The molecule has 94 valence electrons. The van der Waals surface area contributed by atoms with Gasteiger partial charge in [0, 0.05) is 5.92 Å². The van der Waals surface area contributed by atoms with Crippen LogP contribution in [0.4, 0.5) is 0 Å². The summed E-state index contributed by atoms with van der Waals surface area (Å²) in [5.41, 5.74) is 0.975. The van der Waals surface area contributed by atoms with E-state index in [1.807, 2.05) is 13.0 Å². The Morgan fingerprint density at radius 1 is 1.47 bits per heavy atom. The van der Waals surface area contributed by atoms with Crippen LogP contribution in [0, 0.1) is 5.92 Å². The fourth-order valence-corrected chi connectivity index (χ4v) is 2.81. The number of hydrogen-bond acceptors (Lipinski definition) is 3. The summed E-state index contributed by atoms with van der Waals surface area (Å²) < 4.78 is 15.8. The molecule has 1 aromatic carbocycles. The standard InChI is InChI=1S/C12H17O4P/c1-8(16-17(14)15)12(9-5-6-9)10-3-2-4-11(13)7-10/h2-4,7-9,12-13,17H,5-6H2,1H3,(H,14,15). The molecular formula is C12H17O4P. The molecule has 1 aliphatic carbocycles. The smallest absolute Gasteiger partial charge is 0.316 e. The lowest BCUT2D eigenvalue weighted by Gasteiger charge is -2.23. The van der Waals surface area contributed by atoms with Gasteiger partial charge >= 0.3 is 8.25 Å².